The predicted molar refractivity (Wildman–Crippen MR) is 75.4 cm³/mol. The van der Waals surface area contributed by atoms with Gasteiger partial charge in [0.1, 0.15) is 13.2 Å². The monoisotopic (exact) mass is 279 g/mol. The second-order valence-corrected chi connectivity index (χ2v) is 5.59. The first-order valence-electron chi connectivity index (χ1n) is 6.82. The predicted octanol–water partition coefficient (Wildman–Crippen LogP) is 1.70. The standard InChI is InChI=1S/C15H21NO4/c1-15(2,14(17)18)10-16-6-5-11-3-4-12-13(9-11)20-8-7-19-12/h3-4,9,16H,5-8,10H2,1-2H3,(H,17,18). The number of hydrogen-bond donors (Lipinski definition) is 2. The van der Waals surface area contributed by atoms with Gasteiger partial charge in [0.15, 0.2) is 11.5 Å². The van der Waals surface area contributed by atoms with Crippen LogP contribution in [0, 0.1) is 5.41 Å². The van der Waals surface area contributed by atoms with Crippen molar-refractivity contribution in [1.29, 1.82) is 0 Å². The van der Waals surface area contributed by atoms with Crippen LogP contribution in [-0.4, -0.2) is 37.4 Å². The van der Waals surface area contributed by atoms with Crippen LogP contribution in [0.25, 0.3) is 0 Å². The van der Waals surface area contributed by atoms with E-state index in [9.17, 15) is 4.79 Å². The van der Waals surface area contributed by atoms with Crippen LogP contribution >= 0.6 is 0 Å². The van der Waals surface area contributed by atoms with Crippen molar-refractivity contribution < 1.29 is 19.4 Å². The van der Waals surface area contributed by atoms with Gasteiger partial charge in [-0.25, -0.2) is 0 Å². The van der Waals surface area contributed by atoms with E-state index in [0.29, 0.717) is 19.8 Å². The van der Waals surface area contributed by atoms with E-state index < -0.39 is 11.4 Å². The number of rotatable bonds is 6. The molecular weight excluding hydrogens is 258 g/mol. The van der Waals surface area contributed by atoms with Gasteiger partial charge in [0.05, 0.1) is 5.41 Å². The molecule has 5 heteroatoms. The van der Waals surface area contributed by atoms with Gasteiger partial charge in [0, 0.05) is 6.54 Å². The Balaban J connectivity index is 1.81. The highest BCUT2D eigenvalue weighted by Gasteiger charge is 2.26. The molecule has 0 unspecified atom stereocenters. The van der Waals surface area contributed by atoms with Gasteiger partial charge in [-0.1, -0.05) is 6.07 Å². The Labute approximate surface area is 118 Å². The maximum absolute atomic E-state index is 11.0. The smallest absolute Gasteiger partial charge is 0.310 e. The highest BCUT2D eigenvalue weighted by molar-refractivity contribution is 5.73. The van der Waals surface area contributed by atoms with Crippen molar-refractivity contribution in [2.45, 2.75) is 20.3 Å². The molecule has 2 rings (SSSR count). The average Bonchev–Trinajstić information content (AvgIpc) is 2.43. The van der Waals surface area contributed by atoms with Crippen LogP contribution < -0.4 is 14.8 Å². The van der Waals surface area contributed by atoms with Crippen LogP contribution in [-0.2, 0) is 11.2 Å². The molecule has 1 heterocycles. The van der Waals surface area contributed by atoms with Gasteiger partial charge in [-0.15, -0.1) is 0 Å². The maximum atomic E-state index is 11.0. The first kappa shape index (κ1) is 14.7. The number of nitrogens with one attached hydrogen (secondary N) is 1. The minimum Gasteiger partial charge on any atom is -0.486 e. The van der Waals surface area contributed by atoms with E-state index in [1.807, 2.05) is 18.2 Å². The molecule has 20 heavy (non-hydrogen) atoms. The number of ether oxygens (including phenoxy) is 2. The van der Waals surface area contributed by atoms with Crippen LogP contribution in [0.2, 0.25) is 0 Å². The van der Waals surface area contributed by atoms with E-state index in [4.69, 9.17) is 14.6 Å². The molecule has 1 aliphatic heterocycles. The third-order valence-corrected chi connectivity index (χ3v) is 3.34. The molecule has 0 saturated heterocycles. The SMILES string of the molecule is CC(C)(CNCCc1ccc2c(c1)OCCO2)C(=O)O. The summed E-state index contributed by atoms with van der Waals surface area (Å²) in [5.41, 5.74) is 0.405. The van der Waals surface area contributed by atoms with Gasteiger partial charge in [-0.2, -0.15) is 0 Å². The zero-order valence-corrected chi connectivity index (χ0v) is 11.9. The van der Waals surface area contributed by atoms with Crippen molar-refractivity contribution >= 4 is 5.97 Å². The summed E-state index contributed by atoms with van der Waals surface area (Å²) in [5, 5.41) is 12.2. The Hall–Kier alpha value is -1.75. The van der Waals surface area contributed by atoms with Gasteiger partial charge in [-0.05, 0) is 44.5 Å². The van der Waals surface area contributed by atoms with Gasteiger partial charge >= 0.3 is 5.97 Å². The normalized spacial score (nSPS) is 14.1. The lowest BCUT2D eigenvalue weighted by Gasteiger charge is -2.20. The van der Waals surface area contributed by atoms with Crippen molar-refractivity contribution in [3.05, 3.63) is 23.8 Å². The second kappa shape index (κ2) is 6.13. The molecular formula is C15H21NO4. The summed E-state index contributed by atoms with van der Waals surface area (Å²) in [6, 6.07) is 5.92. The van der Waals surface area contributed by atoms with Crippen molar-refractivity contribution in [1.82, 2.24) is 5.32 Å². The molecule has 0 amide bonds. The number of hydrogen-bond acceptors (Lipinski definition) is 4. The van der Waals surface area contributed by atoms with Crippen LogP contribution in [0.3, 0.4) is 0 Å². The molecule has 0 aliphatic carbocycles. The third-order valence-electron chi connectivity index (χ3n) is 3.34. The fourth-order valence-corrected chi connectivity index (χ4v) is 1.95. The molecule has 0 bridgehead atoms. The van der Waals surface area contributed by atoms with E-state index in [1.54, 1.807) is 13.8 Å². The molecule has 0 saturated carbocycles. The number of carboxylic acids is 1. The summed E-state index contributed by atoms with van der Waals surface area (Å²) in [7, 11) is 0. The fraction of sp³-hybridized carbons (Fsp3) is 0.533. The summed E-state index contributed by atoms with van der Waals surface area (Å²) >= 11 is 0. The van der Waals surface area contributed by atoms with Crippen molar-refractivity contribution in [2.75, 3.05) is 26.3 Å². The molecule has 0 atom stereocenters. The molecule has 5 nitrogen and oxygen atoms in total. The summed E-state index contributed by atoms with van der Waals surface area (Å²) < 4.78 is 11.0. The number of benzene rings is 1. The highest BCUT2D eigenvalue weighted by Crippen LogP contribution is 2.30. The van der Waals surface area contributed by atoms with E-state index in [-0.39, 0.29) is 0 Å². The summed E-state index contributed by atoms with van der Waals surface area (Å²) in [6.07, 6.45) is 0.826. The van der Waals surface area contributed by atoms with Gasteiger partial charge in [0.2, 0.25) is 0 Å². The van der Waals surface area contributed by atoms with E-state index in [0.717, 1.165) is 30.0 Å². The summed E-state index contributed by atoms with van der Waals surface area (Å²) in [6.45, 7) is 5.79. The minimum atomic E-state index is -0.788. The summed E-state index contributed by atoms with van der Waals surface area (Å²) in [5.74, 6) is 0.795. The average molecular weight is 279 g/mol. The zero-order valence-electron chi connectivity index (χ0n) is 11.9. The molecule has 1 aliphatic rings. The Morgan fingerprint density at radius 2 is 2.00 bits per heavy atom. The van der Waals surface area contributed by atoms with Gasteiger partial charge < -0.3 is 19.9 Å². The first-order chi connectivity index (χ1) is 9.49. The maximum Gasteiger partial charge on any atom is 0.310 e. The first-order valence-corrected chi connectivity index (χ1v) is 6.82. The second-order valence-electron chi connectivity index (χ2n) is 5.59. The molecule has 1 aromatic rings. The van der Waals surface area contributed by atoms with Crippen LogP contribution in [0.1, 0.15) is 19.4 Å². The van der Waals surface area contributed by atoms with Crippen LogP contribution in [0.4, 0.5) is 0 Å². The van der Waals surface area contributed by atoms with E-state index in [2.05, 4.69) is 5.32 Å². The molecule has 0 spiro atoms. The molecule has 0 aromatic heterocycles. The van der Waals surface area contributed by atoms with Gasteiger partial charge in [-0.3, -0.25) is 4.79 Å². The Kier molecular flexibility index (Phi) is 4.49. The fourth-order valence-electron chi connectivity index (χ4n) is 1.95. The number of aliphatic carboxylic acids is 1. The quantitative estimate of drug-likeness (QED) is 0.776. The molecule has 0 fully saturated rings. The van der Waals surface area contributed by atoms with Gasteiger partial charge in [0.25, 0.3) is 0 Å². The molecule has 0 radical (unpaired) electrons. The molecule has 110 valence electrons. The topological polar surface area (TPSA) is 67.8 Å². The number of carboxylic acid groups (broad SMARTS) is 1. The Morgan fingerprint density at radius 1 is 1.30 bits per heavy atom. The van der Waals surface area contributed by atoms with Crippen molar-refractivity contribution in [3.8, 4) is 11.5 Å². The van der Waals surface area contributed by atoms with Crippen LogP contribution in [0.15, 0.2) is 18.2 Å². The van der Waals surface area contributed by atoms with E-state index in [1.165, 1.54) is 0 Å². The Morgan fingerprint density at radius 3 is 2.70 bits per heavy atom. The van der Waals surface area contributed by atoms with E-state index >= 15 is 0 Å². The number of carbonyl (C=O) groups is 1. The lowest BCUT2D eigenvalue weighted by atomic mass is 9.94. The third kappa shape index (κ3) is 3.63. The largest absolute Gasteiger partial charge is 0.486 e. The summed E-state index contributed by atoms with van der Waals surface area (Å²) in [4.78, 5) is 11.0. The lowest BCUT2D eigenvalue weighted by molar-refractivity contribution is -0.146. The highest BCUT2D eigenvalue weighted by atomic mass is 16.6. The molecule has 1 aromatic carbocycles. The lowest BCUT2D eigenvalue weighted by Crippen LogP contribution is -2.36. The van der Waals surface area contributed by atoms with Crippen molar-refractivity contribution in [3.63, 3.8) is 0 Å². The minimum absolute atomic E-state index is 0.451. The van der Waals surface area contributed by atoms with Crippen LogP contribution in [0.5, 0.6) is 11.5 Å². The molecule has 2 N–H and O–H groups in total. The number of fused-ring (bicyclic) bond motifs is 1. The Bertz CT molecular complexity index is 485. The van der Waals surface area contributed by atoms with Crippen molar-refractivity contribution in [2.24, 2.45) is 5.41 Å². The zero-order chi connectivity index (χ0) is 14.6.